The summed E-state index contributed by atoms with van der Waals surface area (Å²) in [6, 6.07) is 6.40. The molecule has 132 valence electrons. The summed E-state index contributed by atoms with van der Waals surface area (Å²) in [5.41, 5.74) is 1.40. The average molecular weight is 363 g/mol. The van der Waals surface area contributed by atoms with Crippen molar-refractivity contribution in [1.29, 1.82) is 0 Å². The first-order chi connectivity index (χ1) is 12.0. The van der Waals surface area contributed by atoms with E-state index in [1.807, 2.05) is 0 Å². The van der Waals surface area contributed by atoms with Crippen LogP contribution in [0.4, 0.5) is 4.39 Å². The van der Waals surface area contributed by atoms with E-state index in [1.165, 1.54) is 37.5 Å². The Morgan fingerprint density at radius 1 is 1.40 bits per heavy atom. The van der Waals surface area contributed by atoms with Crippen LogP contribution in [-0.2, 0) is 16.0 Å². The van der Waals surface area contributed by atoms with Crippen molar-refractivity contribution in [1.82, 2.24) is 5.32 Å². The number of carbonyl (C=O) groups excluding carboxylic acids is 2. The zero-order valence-corrected chi connectivity index (χ0v) is 14.7. The second-order valence-electron chi connectivity index (χ2n) is 5.84. The number of nitrogens with one attached hydrogen (secondary N) is 1. The fourth-order valence-electron chi connectivity index (χ4n) is 2.77. The third kappa shape index (κ3) is 3.88. The van der Waals surface area contributed by atoms with Crippen molar-refractivity contribution in [2.45, 2.75) is 19.4 Å². The lowest BCUT2D eigenvalue weighted by Gasteiger charge is -2.13. The maximum Gasteiger partial charge on any atom is 0.246 e. The van der Waals surface area contributed by atoms with Gasteiger partial charge in [0.25, 0.3) is 0 Å². The number of benzene rings is 1. The lowest BCUT2D eigenvalue weighted by molar-refractivity contribution is -0.125. The number of thiophene rings is 1. The predicted octanol–water partition coefficient (Wildman–Crippen LogP) is 2.82. The molecule has 1 amide bonds. The smallest absolute Gasteiger partial charge is 0.246 e. The lowest BCUT2D eigenvalue weighted by atomic mass is 10.0. The van der Waals surface area contributed by atoms with E-state index in [4.69, 9.17) is 9.47 Å². The molecule has 0 fully saturated rings. The highest BCUT2D eigenvalue weighted by atomic mass is 32.1. The molecule has 0 radical (unpaired) electrons. The number of carbonyl (C=O) groups is 2. The summed E-state index contributed by atoms with van der Waals surface area (Å²) >= 11 is 1.31. The maximum absolute atomic E-state index is 14.0. The molecule has 3 rings (SSSR count). The van der Waals surface area contributed by atoms with Crippen LogP contribution >= 0.6 is 11.3 Å². The first kappa shape index (κ1) is 17.6. The SMILES string of the molecule is COCC(=O)NC[C@H]1Cc2cc(F)cc(-c3ccc(C(C)=O)s3)c2O1. The number of ketones is 1. The van der Waals surface area contributed by atoms with Crippen molar-refractivity contribution in [2.75, 3.05) is 20.3 Å². The predicted molar refractivity (Wildman–Crippen MR) is 92.7 cm³/mol. The van der Waals surface area contributed by atoms with Gasteiger partial charge in [0, 0.05) is 29.5 Å². The van der Waals surface area contributed by atoms with Gasteiger partial charge in [-0.1, -0.05) is 0 Å². The summed E-state index contributed by atoms with van der Waals surface area (Å²) in [7, 11) is 1.45. The van der Waals surface area contributed by atoms with Crippen molar-refractivity contribution in [2.24, 2.45) is 0 Å². The molecule has 5 nitrogen and oxygen atoms in total. The molecule has 0 spiro atoms. The Labute approximate surface area is 148 Å². The summed E-state index contributed by atoms with van der Waals surface area (Å²) in [4.78, 5) is 24.4. The van der Waals surface area contributed by atoms with Crippen molar-refractivity contribution in [3.63, 3.8) is 0 Å². The van der Waals surface area contributed by atoms with E-state index in [9.17, 15) is 14.0 Å². The van der Waals surface area contributed by atoms with E-state index < -0.39 is 0 Å². The molecule has 2 heterocycles. The van der Waals surface area contributed by atoms with Crippen LogP contribution in [0.25, 0.3) is 10.4 Å². The fourth-order valence-corrected chi connectivity index (χ4v) is 3.69. The molecule has 0 saturated heterocycles. The molecular weight excluding hydrogens is 345 g/mol. The van der Waals surface area contributed by atoms with E-state index in [2.05, 4.69) is 5.32 Å². The zero-order valence-electron chi connectivity index (χ0n) is 13.9. The van der Waals surface area contributed by atoms with Crippen LogP contribution in [0, 0.1) is 5.82 Å². The minimum Gasteiger partial charge on any atom is -0.487 e. The van der Waals surface area contributed by atoms with Gasteiger partial charge >= 0.3 is 0 Å². The molecule has 1 aromatic carbocycles. The molecule has 1 aliphatic heterocycles. The summed E-state index contributed by atoms with van der Waals surface area (Å²) in [6.07, 6.45) is 0.252. The Morgan fingerprint density at radius 2 is 2.20 bits per heavy atom. The molecule has 0 saturated carbocycles. The first-order valence-corrected chi connectivity index (χ1v) is 8.65. The van der Waals surface area contributed by atoms with Gasteiger partial charge in [0.15, 0.2) is 5.78 Å². The van der Waals surface area contributed by atoms with E-state index in [1.54, 1.807) is 12.1 Å². The van der Waals surface area contributed by atoms with Crippen molar-refractivity contribution < 1.29 is 23.5 Å². The summed E-state index contributed by atoms with van der Waals surface area (Å²) in [6.45, 7) is 1.81. The normalized spacial score (nSPS) is 15.6. The summed E-state index contributed by atoms with van der Waals surface area (Å²) < 4.78 is 24.7. The lowest BCUT2D eigenvalue weighted by Crippen LogP contribution is -2.36. The monoisotopic (exact) mass is 363 g/mol. The van der Waals surface area contributed by atoms with Gasteiger partial charge in [-0.25, -0.2) is 4.39 Å². The molecule has 25 heavy (non-hydrogen) atoms. The molecule has 1 aliphatic rings. The summed E-state index contributed by atoms with van der Waals surface area (Å²) in [5, 5.41) is 2.73. The Bertz CT molecular complexity index is 817. The van der Waals surface area contributed by atoms with Gasteiger partial charge < -0.3 is 14.8 Å². The van der Waals surface area contributed by atoms with Crippen LogP contribution < -0.4 is 10.1 Å². The van der Waals surface area contributed by atoms with Crippen LogP contribution in [-0.4, -0.2) is 38.1 Å². The highest BCUT2D eigenvalue weighted by molar-refractivity contribution is 7.17. The van der Waals surface area contributed by atoms with Gasteiger partial charge in [-0.05, 0) is 31.2 Å². The number of amides is 1. The van der Waals surface area contributed by atoms with Crippen molar-refractivity contribution >= 4 is 23.0 Å². The third-order valence-electron chi connectivity index (χ3n) is 3.88. The Kier molecular flexibility index (Phi) is 5.15. The van der Waals surface area contributed by atoms with Crippen molar-refractivity contribution in [3.8, 4) is 16.2 Å². The molecule has 0 unspecified atom stereocenters. The topological polar surface area (TPSA) is 64.6 Å². The number of halogens is 1. The second kappa shape index (κ2) is 7.33. The number of hydrogen-bond donors (Lipinski definition) is 1. The average Bonchev–Trinajstić information content (AvgIpc) is 3.19. The first-order valence-electron chi connectivity index (χ1n) is 7.83. The minimum absolute atomic E-state index is 0.0113. The van der Waals surface area contributed by atoms with Crippen LogP contribution in [0.15, 0.2) is 24.3 Å². The second-order valence-corrected chi connectivity index (χ2v) is 6.93. The third-order valence-corrected chi connectivity index (χ3v) is 5.10. The number of hydrogen-bond acceptors (Lipinski definition) is 5. The molecule has 0 bridgehead atoms. The van der Waals surface area contributed by atoms with Gasteiger partial charge in [-0.3, -0.25) is 9.59 Å². The van der Waals surface area contributed by atoms with Crippen LogP contribution in [0.2, 0.25) is 0 Å². The fraction of sp³-hybridized carbons (Fsp3) is 0.333. The Hall–Kier alpha value is -2.25. The number of methoxy groups -OCH3 is 1. The standard InChI is InChI=1S/C18H18FNO4S/c1-10(21)15-3-4-16(25-15)14-7-12(19)5-11-6-13(24-18(11)14)8-20-17(22)9-23-2/h3-5,7,13H,6,8-9H2,1-2H3,(H,20,22)/t13-/m1/s1. The van der Waals surface area contributed by atoms with Gasteiger partial charge in [-0.15, -0.1) is 11.3 Å². The van der Waals surface area contributed by atoms with E-state index in [0.29, 0.717) is 29.2 Å². The van der Waals surface area contributed by atoms with Gasteiger partial charge in [0.1, 0.15) is 24.3 Å². The van der Waals surface area contributed by atoms with E-state index in [-0.39, 0.29) is 30.2 Å². The van der Waals surface area contributed by atoms with Crippen LogP contribution in [0.1, 0.15) is 22.2 Å². The Morgan fingerprint density at radius 3 is 2.88 bits per heavy atom. The largest absolute Gasteiger partial charge is 0.487 e. The summed E-state index contributed by atoms with van der Waals surface area (Å²) in [5.74, 6) is 0.0188. The molecule has 1 aromatic heterocycles. The number of fused-ring (bicyclic) bond motifs is 1. The molecule has 2 aromatic rings. The van der Waals surface area contributed by atoms with Gasteiger partial charge in [-0.2, -0.15) is 0 Å². The number of Topliss-reactive ketones (excluding diaryl/α,β-unsaturated/α-hetero) is 1. The zero-order chi connectivity index (χ0) is 18.0. The number of rotatable bonds is 6. The van der Waals surface area contributed by atoms with Crippen LogP contribution in [0.3, 0.4) is 0 Å². The van der Waals surface area contributed by atoms with Gasteiger partial charge in [0.05, 0.1) is 11.4 Å². The minimum atomic E-state index is -0.348. The quantitative estimate of drug-likeness (QED) is 0.802. The van der Waals surface area contributed by atoms with E-state index >= 15 is 0 Å². The van der Waals surface area contributed by atoms with Crippen LogP contribution in [0.5, 0.6) is 5.75 Å². The Balaban J connectivity index is 1.81. The maximum atomic E-state index is 14.0. The molecule has 7 heteroatoms. The molecule has 0 aliphatic carbocycles. The van der Waals surface area contributed by atoms with E-state index in [0.717, 1.165) is 10.4 Å². The molecule has 1 N–H and O–H groups in total. The highest BCUT2D eigenvalue weighted by Crippen LogP contribution is 2.42. The molecule has 1 atom stereocenters. The van der Waals surface area contributed by atoms with Gasteiger partial charge in [0.2, 0.25) is 5.91 Å². The highest BCUT2D eigenvalue weighted by Gasteiger charge is 2.28. The van der Waals surface area contributed by atoms with Crippen molar-refractivity contribution in [3.05, 3.63) is 40.5 Å². The molecular formula is C18H18FNO4S. The number of ether oxygens (including phenoxy) is 2.